The maximum atomic E-state index is 13.8. The fourth-order valence-corrected chi connectivity index (χ4v) is 4.04. The second-order valence-electron chi connectivity index (χ2n) is 7.80. The number of aryl methyl sites for hydroxylation is 2. The molecule has 0 fully saturated rings. The number of nitrogens with one attached hydrogen (secondary N) is 1. The quantitative estimate of drug-likeness (QED) is 0.412. The number of methoxy groups -OCH3 is 1. The minimum Gasteiger partial charge on any atom is -0.481 e. The van der Waals surface area contributed by atoms with E-state index in [1.165, 1.54) is 12.1 Å². The van der Waals surface area contributed by atoms with Crippen LogP contribution < -0.4 is 10.1 Å². The average molecular weight is 467 g/mol. The number of hydrogen-bond acceptors (Lipinski definition) is 4. The van der Waals surface area contributed by atoms with Crippen LogP contribution in [0.15, 0.2) is 48.5 Å². The topological polar surface area (TPSA) is 69.0 Å². The Bertz CT molecular complexity index is 1320. The van der Waals surface area contributed by atoms with Crippen molar-refractivity contribution < 1.29 is 13.9 Å². The molecule has 8 heteroatoms. The van der Waals surface area contributed by atoms with E-state index < -0.39 is 0 Å². The first kappa shape index (κ1) is 22.7. The first-order valence-corrected chi connectivity index (χ1v) is 10.9. The Morgan fingerprint density at radius 2 is 1.94 bits per heavy atom. The number of aromatic nitrogens is 3. The molecule has 0 bridgehead atoms. The Balaban J connectivity index is 1.57. The number of amides is 1. The molecule has 2 aromatic carbocycles. The summed E-state index contributed by atoms with van der Waals surface area (Å²) < 4.78 is 21.0. The molecule has 0 radical (unpaired) electrons. The molecule has 2 aromatic heterocycles. The maximum absolute atomic E-state index is 13.8. The molecule has 170 valence electrons. The summed E-state index contributed by atoms with van der Waals surface area (Å²) in [5, 5.41) is 9.05. The Morgan fingerprint density at radius 1 is 1.18 bits per heavy atom. The molecule has 0 saturated heterocycles. The van der Waals surface area contributed by atoms with Crippen LogP contribution in [0.4, 0.5) is 4.39 Å². The van der Waals surface area contributed by atoms with Gasteiger partial charge >= 0.3 is 0 Å². The average Bonchev–Trinajstić information content (AvgIpc) is 3.14. The van der Waals surface area contributed by atoms with Crippen LogP contribution in [0.1, 0.15) is 28.8 Å². The lowest BCUT2D eigenvalue weighted by Crippen LogP contribution is -2.23. The number of ether oxygens (including phenoxy) is 1. The fraction of sp³-hybridized carbons (Fsp3) is 0.240. The monoisotopic (exact) mass is 466 g/mol. The predicted octanol–water partition coefficient (Wildman–Crippen LogP) is 5.09. The van der Waals surface area contributed by atoms with E-state index in [2.05, 4.69) is 15.4 Å². The second-order valence-corrected chi connectivity index (χ2v) is 8.24. The lowest BCUT2D eigenvalue weighted by molar-refractivity contribution is -0.121. The zero-order valence-electron chi connectivity index (χ0n) is 18.7. The van der Waals surface area contributed by atoms with Crippen molar-refractivity contribution in [2.75, 3.05) is 7.11 Å². The molecule has 4 rings (SSSR count). The molecule has 2 heterocycles. The van der Waals surface area contributed by atoms with Gasteiger partial charge in [-0.05, 0) is 61.7 Å². The van der Waals surface area contributed by atoms with Crippen LogP contribution in [0.5, 0.6) is 5.88 Å². The van der Waals surface area contributed by atoms with Gasteiger partial charge in [-0.15, -0.1) is 0 Å². The summed E-state index contributed by atoms with van der Waals surface area (Å²) in [6.45, 7) is 4.29. The molecule has 0 unspecified atom stereocenters. The first-order valence-electron chi connectivity index (χ1n) is 10.6. The van der Waals surface area contributed by atoms with Crippen molar-refractivity contribution in [3.8, 4) is 11.6 Å². The summed E-state index contributed by atoms with van der Waals surface area (Å²) in [6.07, 6.45) is 0.754. The van der Waals surface area contributed by atoms with E-state index in [1.54, 1.807) is 36.1 Å². The van der Waals surface area contributed by atoms with E-state index in [0.29, 0.717) is 35.2 Å². The summed E-state index contributed by atoms with van der Waals surface area (Å²) in [6, 6.07) is 13.6. The highest BCUT2D eigenvalue weighted by molar-refractivity contribution is 6.30. The Hall–Kier alpha value is -3.45. The molecule has 0 spiro atoms. The number of benzene rings is 2. The van der Waals surface area contributed by atoms with Gasteiger partial charge in [0, 0.05) is 28.9 Å². The molecule has 0 saturated carbocycles. The standard InChI is InChI=1S/C25H24ClFN4O2/c1-15-21(11-12-22(32)28-14-17-7-9-18(26)10-8-17)25(33-3)29-24-23(15)16(2)30-31(24)20-6-4-5-19(27)13-20/h4-10,13H,11-12,14H2,1-3H3,(H,28,32). The molecule has 1 N–H and O–H groups in total. The number of nitrogens with zero attached hydrogens (tertiary/aromatic N) is 3. The molecule has 4 aromatic rings. The third-order valence-electron chi connectivity index (χ3n) is 5.58. The van der Waals surface area contributed by atoms with Crippen molar-refractivity contribution in [2.45, 2.75) is 33.2 Å². The van der Waals surface area contributed by atoms with Crippen LogP contribution in [0, 0.1) is 19.7 Å². The number of carbonyl (C=O) groups excluding carboxylic acids is 1. The van der Waals surface area contributed by atoms with Crippen LogP contribution >= 0.6 is 11.6 Å². The van der Waals surface area contributed by atoms with Crippen molar-refractivity contribution in [1.82, 2.24) is 20.1 Å². The number of halogens is 2. The number of pyridine rings is 1. The van der Waals surface area contributed by atoms with E-state index in [9.17, 15) is 9.18 Å². The summed E-state index contributed by atoms with van der Waals surface area (Å²) in [7, 11) is 1.55. The van der Waals surface area contributed by atoms with Crippen LogP contribution in [0.25, 0.3) is 16.7 Å². The van der Waals surface area contributed by atoms with Crippen molar-refractivity contribution in [3.63, 3.8) is 0 Å². The van der Waals surface area contributed by atoms with Gasteiger partial charge in [-0.3, -0.25) is 4.79 Å². The van der Waals surface area contributed by atoms with Crippen LogP contribution in [-0.2, 0) is 17.8 Å². The maximum Gasteiger partial charge on any atom is 0.220 e. The van der Waals surface area contributed by atoms with E-state index >= 15 is 0 Å². The van der Waals surface area contributed by atoms with Crippen molar-refractivity contribution in [2.24, 2.45) is 0 Å². The highest BCUT2D eigenvalue weighted by Crippen LogP contribution is 2.32. The van der Waals surface area contributed by atoms with E-state index in [1.807, 2.05) is 26.0 Å². The lowest BCUT2D eigenvalue weighted by Gasteiger charge is -2.13. The number of hydrogen-bond donors (Lipinski definition) is 1. The van der Waals surface area contributed by atoms with Crippen molar-refractivity contribution in [1.29, 1.82) is 0 Å². The predicted molar refractivity (Wildman–Crippen MR) is 126 cm³/mol. The van der Waals surface area contributed by atoms with Gasteiger partial charge in [0.2, 0.25) is 11.8 Å². The minimum atomic E-state index is -0.348. The summed E-state index contributed by atoms with van der Waals surface area (Å²) in [5.74, 6) is 0.0143. The van der Waals surface area contributed by atoms with Gasteiger partial charge in [0.25, 0.3) is 0 Å². The van der Waals surface area contributed by atoms with Gasteiger partial charge in [-0.25, -0.2) is 9.07 Å². The number of rotatable bonds is 7. The van der Waals surface area contributed by atoms with Crippen LogP contribution in [0.3, 0.4) is 0 Å². The van der Waals surface area contributed by atoms with Crippen LogP contribution in [-0.4, -0.2) is 27.8 Å². The first-order chi connectivity index (χ1) is 15.9. The molecular weight excluding hydrogens is 443 g/mol. The molecule has 1 amide bonds. The Labute approximate surface area is 196 Å². The van der Waals surface area contributed by atoms with Gasteiger partial charge in [-0.1, -0.05) is 29.8 Å². The minimum absolute atomic E-state index is 0.0707. The Morgan fingerprint density at radius 3 is 2.64 bits per heavy atom. The highest BCUT2D eigenvalue weighted by atomic mass is 35.5. The van der Waals surface area contributed by atoms with Gasteiger partial charge in [-0.2, -0.15) is 10.1 Å². The molecule has 0 atom stereocenters. The molecule has 0 aliphatic rings. The molecule has 6 nitrogen and oxygen atoms in total. The summed E-state index contributed by atoms with van der Waals surface area (Å²) >= 11 is 5.90. The SMILES string of the molecule is COc1nc2c(c(C)nn2-c2cccc(F)c2)c(C)c1CCC(=O)NCc1ccc(Cl)cc1. The normalized spacial score (nSPS) is 11.1. The number of fused-ring (bicyclic) bond motifs is 1. The second kappa shape index (κ2) is 9.58. The molecule has 0 aliphatic heterocycles. The lowest BCUT2D eigenvalue weighted by atomic mass is 10.0. The van der Waals surface area contributed by atoms with Crippen molar-refractivity contribution >= 4 is 28.5 Å². The van der Waals surface area contributed by atoms with Gasteiger partial charge in [0.15, 0.2) is 5.65 Å². The third-order valence-corrected chi connectivity index (χ3v) is 5.83. The molecule has 33 heavy (non-hydrogen) atoms. The zero-order valence-corrected chi connectivity index (χ0v) is 19.4. The van der Waals surface area contributed by atoms with Gasteiger partial charge < -0.3 is 10.1 Å². The Kier molecular flexibility index (Phi) is 6.60. The van der Waals surface area contributed by atoms with E-state index in [0.717, 1.165) is 27.8 Å². The van der Waals surface area contributed by atoms with Gasteiger partial charge in [0.05, 0.1) is 18.5 Å². The van der Waals surface area contributed by atoms with Crippen molar-refractivity contribution in [3.05, 3.63) is 81.8 Å². The highest BCUT2D eigenvalue weighted by Gasteiger charge is 2.20. The fourth-order valence-electron chi connectivity index (χ4n) is 3.91. The summed E-state index contributed by atoms with van der Waals surface area (Å²) in [4.78, 5) is 17.1. The molecule has 0 aliphatic carbocycles. The summed E-state index contributed by atoms with van der Waals surface area (Å²) in [5.41, 5.74) is 4.72. The number of carbonyl (C=O) groups is 1. The smallest absolute Gasteiger partial charge is 0.220 e. The van der Waals surface area contributed by atoms with E-state index in [4.69, 9.17) is 16.3 Å². The third kappa shape index (κ3) is 4.83. The van der Waals surface area contributed by atoms with Gasteiger partial charge in [0.1, 0.15) is 5.82 Å². The zero-order chi connectivity index (χ0) is 23.5. The van der Waals surface area contributed by atoms with Crippen LogP contribution in [0.2, 0.25) is 5.02 Å². The van der Waals surface area contributed by atoms with E-state index in [-0.39, 0.29) is 18.1 Å². The molecular formula is C25H24ClFN4O2. The largest absolute Gasteiger partial charge is 0.481 e.